The van der Waals surface area contributed by atoms with Crippen LogP contribution < -0.4 is 10.2 Å². The van der Waals surface area contributed by atoms with E-state index in [2.05, 4.69) is 5.32 Å². The molecule has 0 aromatic heterocycles. The van der Waals surface area contributed by atoms with Gasteiger partial charge in [-0.05, 0) is 43.2 Å². The second-order valence-electron chi connectivity index (χ2n) is 5.69. The number of halogens is 2. The Morgan fingerprint density at radius 1 is 1.33 bits per heavy atom. The van der Waals surface area contributed by atoms with E-state index in [0.29, 0.717) is 18.2 Å². The molecular formula is C16H24F2N2S. The van der Waals surface area contributed by atoms with E-state index in [1.165, 1.54) is 25.0 Å². The van der Waals surface area contributed by atoms with Crippen molar-refractivity contribution in [2.75, 3.05) is 24.0 Å². The van der Waals surface area contributed by atoms with E-state index in [1.54, 1.807) is 23.7 Å². The second-order valence-corrected chi connectivity index (χ2v) is 6.60. The molecule has 0 heterocycles. The molecule has 0 aliphatic heterocycles. The van der Waals surface area contributed by atoms with E-state index < -0.39 is 11.6 Å². The Bertz CT molecular complexity index is 454. The molecule has 5 heteroatoms. The first kappa shape index (κ1) is 16.6. The van der Waals surface area contributed by atoms with Crippen molar-refractivity contribution in [1.82, 2.24) is 5.32 Å². The van der Waals surface area contributed by atoms with Crippen molar-refractivity contribution in [3.05, 3.63) is 29.3 Å². The summed E-state index contributed by atoms with van der Waals surface area (Å²) in [4.78, 5) is 1.74. The zero-order valence-corrected chi connectivity index (χ0v) is 13.8. The predicted octanol–water partition coefficient (Wildman–Crippen LogP) is 3.79. The molecule has 1 N–H and O–H groups in total. The third-order valence-corrected chi connectivity index (χ3v) is 4.70. The van der Waals surface area contributed by atoms with Crippen LogP contribution in [0.2, 0.25) is 0 Å². The molecule has 1 aromatic carbocycles. The summed E-state index contributed by atoms with van der Waals surface area (Å²) in [5.74, 6) is -0.0778. The first-order chi connectivity index (χ1) is 10.1. The van der Waals surface area contributed by atoms with Crippen LogP contribution in [-0.2, 0) is 6.54 Å². The van der Waals surface area contributed by atoms with Crippen molar-refractivity contribution in [2.45, 2.75) is 44.8 Å². The fraction of sp³-hybridized carbons (Fsp3) is 0.625. The molecule has 1 fully saturated rings. The number of hydrogen-bond donors (Lipinski definition) is 1. The van der Waals surface area contributed by atoms with E-state index in [4.69, 9.17) is 0 Å². The highest BCUT2D eigenvalue weighted by Gasteiger charge is 2.23. The third-order valence-electron chi connectivity index (χ3n) is 3.98. The number of nitrogens with zero attached hydrogens (tertiary/aromatic N) is 1. The summed E-state index contributed by atoms with van der Waals surface area (Å²) in [5, 5.41) is 3.28. The lowest BCUT2D eigenvalue weighted by Gasteiger charge is -2.29. The molecule has 21 heavy (non-hydrogen) atoms. The molecular weight excluding hydrogens is 290 g/mol. The van der Waals surface area contributed by atoms with Crippen LogP contribution in [0.25, 0.3) is 0 Å². The van der Waals surface area contributed by atoms with Crippen molar-refractivity contribution < 1.29 is 8.78 Å². The van der Waals surface area contributed by atoms with Crippen LogP contribution in [0.4, 0.5) is 14.5 Å². The van der Waals surface area contributed by atoms with Crippen molar-refractivity contribution in [3.8, 4) is 0 Å². The molecule has 1 unspecified atom stereocenters. The molecule has 1 aromatic rings. The standard InChI is InChI=1S/C16H24F2N2S/c1-4-13(10-21-3)20(2)16-14(17)7-11(8-15(16)18)9-19-12-5-6-12/h7-8,12-13,19H,4-6,9-10H2,1-3H3. The Morgan fingerprint density at radius 2 is 1.95 bits per heavy atom. The zero-order valence-electron chi connectivity index (χ0n) is 13.0. The summed E-state index contributed by atoms with van der Waals surface area (Å²) in [7, 11) is 1.77. The average molecular weight is 314 g/mol. The summed E-state index contributed by atoms with van der Waals surface area (Å²) in [6, 6.07) is 3.58. The lowest BCUT2D eigenvalue weighted by atomic mass is 10.1. The van der Waals surface area contributed by atoms with Crippen LogP contribution in [0.1, 0.15) is 31.7 Å². The largest absolute Gasteiger partial charge is 0.366 e. The van der Waals surface area contributed by atoms with Crippen molar-refractivity contribution in [3.63, 3.8) is 0 Å². The van der Waals surface area contributed by atoms with Gasteiger partial charge in [0.2, 0.25) is 0 Å². The summed E-state index contributed by atoms with van der Waals surface area (Å²) in [6.07, 6.45) is 5.20. The molecule has 1 atom stereocenters. The van der Waals surface area contributed by atoms with Gasteiger partial charge in [0.25, 0.3) is 0 Å². The van der Waals surface area contributed by atoms with Crippen molar-refractivity contribution in [1.29, 1.82) is 0 Å². The van der Waals surface area contributed by atoms with Crippen LogP contribution in [0.5, 0.6) is 0 Å². The van der Waals surface area contributed by atoms with Gasteiger partial charge in [-0.3, -0.25) is 0 Å². The molecule has 1 aliphatic carbocycles. The van der Waals surface area contributed by atoms with Crippen molar-refractivity contribution >= 4 is 17.4 Å². The number of thioether (sulfide) groups is 1. The maximum atomic E-state index is 14.3. The predicted molar refractivity (Wildman–Crippen MR) is 87.1 cm³/mol. The van der Waals surface area contributed by atoms with Gasteiger partial charge in [-0.15, -0.1) is 0 Å². The number of hydrogen-bond acceptors (Lipinski definition) is 3. The van der Waals surface area contributed by atoms with Crippen LogP contribution >= 0.6 is 11.8 Å². The minimum absolute atomic E-state index is 0.0890. The molecule has 1 aliphatic rings. The van der Waals surface area contributed by atoms with Crippen LogP contribution in [-0.4, -0.2) is 31.1 Å². The van der Waals surface area contributed by atoms with Gasteiger partial charge in [-0.1, -0.05) is 6.92 Å². The average Bonchev–Trinajstić information content (AvgIpc) is 3.25. The Labute approximate surface area is 130 Å². The fourth-order valence-corrected chi connectivity index (χ4v) is 3.33. The molecule has 2 nitrogen and oxygen atoms in total. The van der Waals surface area contributed by atoms with Crippen LogP contribution in [0.3, 0.4) is 0 Å². The summed E-state index contributed by atoms with van der Waals surface area (Å²) in [6.45, 7) is 2.58. The normalized spacial score (nSPS) is 16.0. The quantitative estimate of drug-likeness (QED) is 0.786. The lowest BCUT2D eigenvalue weighted by Crippen LogP contribution is -2.34. The monoisotopic (exact) mass is 314 g/mol. The van der Waals surface area contributed by atoms with Gasteiger partial charge >= 0.3 is 0 Å². The number of nitrogens with one attached hydrogen (secondary N) is 1. The second kappa shape index (κ2) is 7.45. The minimum Gasteiger partial charge on any atom is -0.366 e. The highest BCUT2D eigenvalue weighted by Crippen LogP contribution is 2.28. The van der Waals surface area contributed by atoms with E-state index in [1.807, 2.05) is 13.2 Å². The van der Waals surface area contributed by atoms with Gasteiger partial charge in [0.15, 0.2) is 0 Å². The molecule has 118 valence electrons. The van der Waals surface area contributed by atoms with E-state index in [-0.39, 0.29) is 11.7 Å². The summed E-state index contributed by atoms with van der Waals surface area (Å²) in [5.41, 5.74) is 0.762. The highest BCUT2D eigenvalue weighted by molar-refractivity contribution is 7.98. The van der Waals surface area contributed by atoms with Crippen molar-refractivity contribution in [2.24, 2.45) is 0 Å². The first-order valence-electron chi connectivity index (χ1n) is 7.49. The van der Waals surface area contributed by atoms with E-state index >= 15 is 0 Å². The van der Waals surface area contributed by atoms with E-state index in [9.17, 15) is 8.78 Å². The molecule has 0 saturated heterocycles. The Kier molecular flexibility index (Phi) is 5.88. The SMILES string of the molecule is CCC(CSC)N(C)c1c(F)cc(CNC2CC2)cc1F. The maximum absolute atomic E-state index is 14.3. The van der Waals surface area contributed by atoms with Crippen LogP contribution in [0, 0.1) is 11.6 Å². The highest BCUT2D eigenvalue weighted by atomic mass is 32.2. The third kappa shape index (κ3) is 4.33. The number of benzene rings is 1. The Balaban J connectivity index is 2.14. The molecule has 0 amide bonds. The zero-order chi connectivity index (χ0) is 15.4. The smallest absolute Gasteiger partial charge is 0.149 e. The van der Waals surface area contributed by atoms with Crippen LogP contribution in [0.15, 0.2) is 12.1 Å². The molecule has 0 spiro atoms. The van der Waals surface area contributed by atoms with Gasteiger partial charge in [0.1, 0.15) is 17.3 Å². The summed E-state index contributed by atoms with van der Waals surface area (Å²) >= 11 is 1.69. The van der Waals surface area contributed by atoms with E-state index in [0.717, 1.165) is 12.2 Å². The van der Waals surface area contributed by atoms with Gasteiger partial charge < -0.3 is 10.2 Å². The topological polar surface area (TPSA) is 15.3 Å². The molecule has 0 bridgehead atoms. The maximum Gasteiger partial charge on any atom is 0.149 e. The first-order valence-corrected chi connectivity index (χ1v) is 8.89. The Hall–Kier alpha value is -0.810. The molecule has 1 saturated carbocycles. The Morgan fingerprint density at radius 3 is 2.43 bits per heavy atom. The van der Waals surface area contributed by atoms with Gasteiger partial charge in [0, 0.05) is 31.4 Å². The van der Waals surface area contributed by atoms with Gasteiger partial charge in [-0.2, -0.15) is 11.8 Å². The van der Waals surface area contributed by atoms with Gasteiger partial charge in [0.05, 0.1) is 0 Å². The summed E-state index contributed by atoms with van der Waals surface area (Å²) < 4.78 is 28.6. The molecule has 0 radical (unpaired) electrons. The molecule has 2 rings (SSSR count). The minimum atomic E-state index is -0.468. The number of anilines is 1. The number of rotatable bonds is 8. The fourth-order valence-electron chi connectivity index (χ4n) is 2.49. The lowest BCUT2D eigenvalue weighted by molar-refractivity contribution is 0.553. The van der Waals surface area contributed by atoms with Gasteiger partial charge in [-0.25, -0.2) is 8.78 Å².